The van der Waals surface area contributed by atoms with Crippen molar-refractivity contribution in [2.75, 3.05) is 12.8 Å². The van der Waals surface area contributed by atoms with Gasteiger partial charge in [-0.15, -0.1) is 0 Å². The van der Waals surface area contributed by atoms with Crippen molar-refractivity contribution in [2.45, 2.75) is 47.1 Å². The van der Waals surface area contributed by atoms with Gasteiger partial charge >= 0.3 is 0 Å². The molecule has 0 heterocycles. The van der Waals surface area contributed by atoms with Crippen LogP contribution in [0, 0.1) is 11.3 Å². The molecule has 0 radical (unpaired) electrons. The fraction of sp³-hybridized carbons (Fsp3) is 0.588. The molecule has 0 saturated carbocycles. The Morgan fingerprint density at radius 1 is 1.25 bits per heavy atom. The van der Waals surface area contributed by atoms with Gasteiger partial charge in [-0.05, 0) is 35.4 Å². The van der Waals surface area contributed by atoms with Crippen molar-refractivity contribution in [1.29, 1.82) is 0 Å². The van der Waals surface area contributed by atoms with Gasteiger partial charge in [0.2, 0.25) is 5.91 Å². The van der Waals surface area contributed by atoms with E-state index in [1.807, 2.05) is 31.3 Å². The lowest BCUT2D eigenvalue weighted by atomic mass is 9.84. The number of amides is 1. The summed E-state index contributed by atoms with van der Waals surface area (Å²) in [6, 6.07) is 7.68. The first kappa shape index (κ1) is 16.5. The summed E-state index contributed by atoms with van der Waals surface area (Å²) in [5.74, 6) is 0.620. The van der Waals surface area contributed by atoms with Gasteiger partial charge in [0.1, 0.15) is 0 Å². The molecule has 0 aliphatic carbocycles. The van der Waals surface area contributed by atoms with E-state index in [0.717, 1.165) is 17.7 Å². The fourth-order valence-electron chi connectivity index (χ4n) is 2.56. The van der Waals surface area contributed by atoms with Crippen molar-refractivity contribution in [3.05, 3.63) is 29.8 Å². The van der Waals surface area contributed by atoms with Gasteiger partial charge in [0, 0.05) is 25.7 Å². The van der Waals surface area contributed by atoms with Gasteiger partial charge in [0.25, 0.3) is 0 Å². The summed E-state index contributed by atoms with van der Waals surface area (Å²) in [6.45, 7) is 9.44. The summed E-state index contributed by atoms with van der Waals surface area (Å²) in [5.41, 5.74) is 7.80. The number of rotatable bonds is 5. The van der Waals surface area contributed by atoms with Crippen LogP contribution in [0.3, 0.4) is 0 Å². The van der Waals surface area contributed by atoms with Gasteiger partial charge in [-0.25, -0.2) is 0 Å². The van der Waals surface area contributed by atoms with Crippen LogP contribution in [0.25, 0.3) is 0 Å². The van der Waals surface area contributed by atoms with Crippen LogP contribution >= 0.6 is 0 Å². The van der Waals surface area contributed by atoms with E-state index in [9.17, 15) is 4.79 Å². The minimum absolute atomic E-state index is 0.207. The highest BCUT2D eigenvalue weighted by atomic mass is 16.2. The Hall–Kier alpha value is -1.51. The molecule has 2 N–H and O–H groups in total. The molecule has 0 bridgehead atoms. The second kappa shape index (κ2) is 6.78. The molecular weight excluding hydrogens is 248 g/mol. The Labute approximate surface area is 123 Å². The zero-order valence-electron chi connectivity index (χ0n) is 13.4. The lowest BCUT2D eigenvalue weighted by molar-refractivity contribution is -0.131. The summed E-state index contributed by atoms with van der Waals surface area (Å²) >= 11 is 0. The molecule has 0 spiro atoms. The standard InChI is InChI=1S/C17H28N2O/c1-13(11-17(2,3)4)10-16(20)19(5)12-14-6-8-15(18)9-7-14/h6-9,13H,10-12,18H2,1-5H3. The fourth-order valence-corrected chi connectivity index (χ4v) is 2.56. The smallest absolute Gasteiger partial charge is 0.222 e. The highest BCUT2D eigenvalue weighted by molar-refractivity contribution is 5.76. The largest absolute Gasteiger partial charge is 0.399 e. The molecule has 3 heteroatoms. The van der Waals surface area contributed by atoms with E-state index in [0.29, 0.717) is 18.9 Å². The lowest BCUT2D eigenvalue weighted by Crippen LogP contribution is -2.28. The molecular formula is C17H28N2O. The number of nitrogens with zero attached hydrogens (tertiary/aromatic N) is 1. The molecule has 0 aromatic heterocycles. The summed E-state index contributed by atoms with van der Waals surface area (Å²) in [6.07, 6.45) is 1.68. The number of anilines is 1. The minimum atomic E-state index is 0.207. The monoisotopic (exact) mass is 276 g/mol. The average Bonchev–Trinajstić information content (AvgIpc) is 2.29. The van der Waals surface area contributed by atoms with E-state index >= 15 is 0 Å². The highest BCUT2D eigenvalue weighted by Crippen LogP contribution is 2.26. The molecule has 0 fully saturated rings. The normalized spacial score (nSPS) is 13.1. The molecule has 112 valence electrons. The van der Waals surface area contributed by atoms with Crippen LogP contribution in [0.5, 0.6) is 0 Å². The third kappa shape index (κ3) is 6.09. The second-order valence-corrected chi connectivity index (χ2v) is 7.07. The molecule has 1 amide bonds. The Kier molecular flexibility index (Phi) is 5.61. The summed E-state index contributed by atoms with van der Waals surface area (Å²) in [4.78, 5) is 14.0. The Balaban J connectivity index is 2.48. The minimum Gasteiger partial charge on any atom is -0.399 e. The van der Waals surface area contributed by atoms with Crippen molar-refractivity contribution in [3.63, 3.8) is 0 Å². The average molecular weight is 276 g/mol. The van der Waals surface area contributed by atoms with Gasteiger partial charge < -0.3 is 10.6 Å². The van der Waals surface area contributed by atoms with Crippen LogP contribution < -0.4 is 5.73 Å². The Morgan fingerprint density at radius 2 is 1.80 bits per heavy atom. The van der Waals surface area contributed by atoms with E-state index < -0.39 is 0 Å². The Bertz CT molecular complexity index is 431. The van der Waals surface area contributed by atoms with Crippen molar-refractivity contribution >= 4 is 11.6 Å². The van der Waals surface area contributed by atoms with Crippen molar-refractivity contribution in [3.8, 4) is 0 Å². The second-order valence-electron chi connectivity index (χ2n) is 7.07. The van der Waals surface area contributed by atoms with Gasteiger partial charge in [0.15, 0.2) is 0 Å². The first-order chi connectivity index (χ1) is 9.17. The Morgan fingerprint density at radius 3 is 2.30 bits per heavy atom. The number of hydrogen-bond acceptors (Lipinski definition) is 2. The number of nitrogen functional groups attached to an aromatic ring is 1. The highest BCUT2D eigenvalue weighted by Gasteiger charge is 2.19. The number of hydrogen-bond donors (Lipinski definition) is 1. The maximum absolute atomic E-state index is 12.2. The topological polar surface area (TPSA) is 46.3 Å². The first-order valence-electron chi connectivity index (χ1n) is 7.26. The molecule has 3 nitrogen and oxygen atoms in total. The van der Waals surface area contributed by atoms with Gasteiger partial charge in [-0.1, -0.05) is 39.8 Å². The molecule has 0 aliphatic heterocycles. The van der Waals surface area contributed by atoms with Crippen LogP contribution in [0.1, 0.15) is 46.1 Å². The zero-order valence-corrected chi connectivity index (χ0v) is 13.4. The predicted octanol–water partition coefficient (Wildman–Crippen LogP) is 3.69. The van der Waals surface area contributed by atoms with Crippen LogP contribution in [0.15, 0.2) is 24.3 Å². The summed E-state index contributed by atoms with van der Waals surface area (Å²) in [7, 11) is 1.86. The lowest BCUT2D eigenvalue weighted by Gasteiger charge is -2.25. The molecule has 1 rings (SSSR count). The number of carbonyl (C=O) groups is 1. The van der Waals surface area contributed by atoms with E-state index in [-0.39, 0.29) is 11.3 Å². The zero-order chi connectivity index (χ0) is 15.3. The van der Waals surface area contributed by atoms with Crippen LogP contribution in [0.2, 0.25) is 0 Å². The van der Waals surface area contributed by atoms with Crippen molar-refractivity contribution in [2.24, 2.45) is 11.3 Å². The predicted molar refractivity (Wildman–Crippen MR) is 85.2 cm³/mol. The number of benzene rings is 1. The van der Waals surface area contributed by atoms with E-state index in [2.05, 4.69) is 27.7 Å². The molecule has 1 aromatic carbocycles. The van der Waals surface area contributed by atoms with Gasteiger partial charge in [0.05, 0.1) is 0 Å². The summed E-state index contributed by atoms with van der Waals surface area (Å²) < 4.78 is 0. The van der Waals surface area contributed by atoms with E-state index in [1.54, 1.807) is 4.90 Å². The number of carbonyl (C=O) groups excluding carboxylic acids is 1. The number of nitrogens with two attached hydrogens (primary N) is 1. The molecule has 20 heavy (non-hydrogen) atoms. The van der Waals surface area contributed by atoms with Crippen LogP contribution in [-0.4, -0.2) is 17.9 Å². The van der Waals surface area contributed by atoms with E-state index in [4.69, 9.17) is 5.73 Å². The SMILES string of the molecule is CC(CC(=O)N(C)Cc1ccc(N)cc1)CC(C)(C)C. The summed E-state index contributed by atoms with van der Waals surface area (Å²) in [5, 5.41) is 0. The van der Waals surface area contributed by atoms with Crippen LogP contribution in [-0.2, 0) is 11.3 Å². The van der Waals surface area contributed by atoms with Gasteiger partial charge in [-0.2, -0.15) is 0 Å². The molecule has 0 aliphatic rings. The maximum atomic E-state index is 12.2. The first-order valence-corrected chi connectivity index (χ1v) is 7.26. The molecule has 1 atom stereocenters. The van der Waals surface area contributed by atoms with Gasteiger partial charge in [-0.3, -0.25) is 4.79 Å². The van der Waals surface area contributed by atoms with Crippen molar-refractivity contribution < 1.29 is 4.79 Å². The molecule has 1 unspecified atom stereocenters. The van der Waals surface area contributed by atoms with Crippen LogP contribution in [0.4, 0.5) is 5.69 Å². The third-order valence-corrected chi connectivity index (χ3v) is 3.31. The van der Waals surface area contributed by atoms with E-state index in [1.165, 1.54) is 0 Å². The molecule has 0 saturated heterocycles. The third-order valence-electron chi connectivity index (χ3n) is 3.31. The quantitative estimate of drug-likeness (QED) is 0.834. The maximum Gasteiger partial charge on any atom is 0.222 e. The van der Waals surface area contributed by atoms with Crippen molar-refractivity contribution in [1.82, 2.24) is 4.90 Å². The molecule has 1 aromatic rings.